The number of piperidine rings is 1. The van der Waals surface area contributed by atoms with E-state index in [1.165, 1.54) is 24.1 Å². The van der Waals surface area contributed by atoms with Crippen LogP contribution in [0, 0.1) is 0 Å². The first-order chi connectivity index (χ1) is 11.0. The Morgan fingerprint density at radius 1 is 1.39 bits per heavy atom. The molecule has 7 heteroatoms. The third kappa shape index (κ3) is 3.69. The van der Waals surface area contributed by atoms with E-state index >= 15 is 0 Å². The van der Waals surface area contributed by atoms with Crippen LogP contribution in [0.4, 0.5) is 0 Å². The third-order valence-corrected chi connectivity index (χ3v) is 4.09. The fraction of sp³-hybridized carbons (Fsp3) is 0.500. The molecule has 0 radical (unpaired) electrons. The number of carbonyl (C=O) groups excluding carboxylic acids is 1. The number of nitrogens with zero attached hydrogens (tertiary/aromatic N) is 1. The van der Waals surface area contributed by atoms with Gasteiger partial charge in [0, 0.05) is 12.1 Å². The maximum atomic E-state index is 12.7. The Morgan fingerprint density at radius 2 is 2.13 bits per heavy atom. The number of halogens is 1. The van der Waals surface area contributed by atoms with Crippen LogP contribution >= 0.6 is 11.6 Å². The predicted octanol–water partition coefficient (Wildman–Crippen LogP) is 2.83. The second-order valence-corrected chi connectivity index (χ2v) is 5.68. The van der Waals surface area contributed by atoms with E-state index in [-0.39, 0.29) is 10.9 Å². The molecule has 1 atom stereocenters. The van der Waals surface area contributed by atoms with Gasteiger partial charge in [-0.3, -0.25) is 4.79 Å². The van der Waals surface area contributed by atoms with Crippen molar-refractivity contribution in [3.8, 4) is 11.5 Å². The van der Waals surface area contributed by atoms with E-state index in [2.05, 4.69) is 0 Å². The lowest BCUT2D eigenvalue weighted by atomic mass is 10.0. The fourth-order valence-corrected chi connectivity index (χ4v) is 2.99. The molecule has 0 aromatic heterocycles. The SMILES string of the molecule is CCOc1c(Cl)cc(C(=O)N2CCCC[C@H]2C(=O)O)cc1OC. The van der Waals surface area contributed by atoms with Gasteiger partial charge in [0.15, 0.2) is 11.5 Å². The number of carboxylic acid groups (broad SMARTS) is 1. The van der Waals surface area contributed by atoms with Gasteiger partial charge < -0.3 is 19.5 Å². The van der Waals surface area contributed by atoms with Gasteiger partial charge in [-0.1, -0.05) is 11.6 Å². The van der Waals surface area contributed by atoms with Gasteiger partial charge in [-0.05, 0) is 38.3 Å². The highest BCUT2D eigenvalue weighted by atomic mass is 35.5. The Morgan fingerprint density at radius 3 is 2.74 bits per heavy atom. The molecule has 1 fully saturated rings. The maximum absolute atomic E-state index is 12.7. The van der Waals surface area contributed by atoms with E-state index in [1.807, 2.05) is 6.92 Å². The molecular weight excluding hydrogens is 322 g/mol. The highest BCUT2D eigenvalue weighted by Gasteiger charge is 2.33. The van der Waals surface area contributed by atoms with Crippen LogP contribution < -0.4 is 9.47 Å². The number of carboxylic acids is 1. The minimum absolute atomic E-state index is 0.262. The second-order valence-electron chi connectivity index (χ2n) is 5.27. The van der Waals surface area contributed by atoms with Crippen molar-refractivity contribution in [1.29, 1.82) is 0 Å². The molecule has 0 unspecified atom stereocenters. The fourth-order valence-electron chi connectivity index (χ4n) is 2.72. The van der Waals surface area contributed by atoms with Gasteiger partial charge in [-0.15, -0.1) is 0 Å². The van der Waals surface area contributed by atoms with E-state index in [1.54, 1.807) is 0 Å². The Hall–Kier alpha value is -1.95. The quantitative estimate of drug-likeness (QED) is 0.891. The van der Waals surface area contributed by atoms with Crippen molar-refractivity contribution < 1.29 is 24.2 Å². The second kappa shape index (κ2) is 7.55. The summed E-state index contributed by atoms with van der Waals surface area (Å²) in [4.78, 5) is 25.5. The topological polar surface area (TPSA) is 76.1 Å². The minimum atomic E-state index is -0.984. The maximum Gasteiger partial charge on any atom is 0.326 e. The summed E-state index contributed by atoms with van der Waals surface area (Å²) in [5.74, 6) is -0.615. The van der Waals surface area contributed by atoms with E-state index in [0.29, 0.717) is 36.6 Å². The molecule has 1 aromatic rings. The smallest absolute Gasteiger partial charge is 0.326 e. The molecule has 0 bridgehead atoms. The standard InChI is InChI=1S/C16H20ClNO5/c1-3-23-14-11(17)8-10(9-13(14)22-2)15(19)18-7-5-4-6-12(18)16(20)21/h8-9,12H,3-7H2,1-2H3,(H,20,21)/t12-/m0/s1. The number of benzene rings is 1. The van der Waals surface area contributed by atoms with Gasteiger partial charge in [-0.2, -0.15) is 0 Å². The van der Waals surface area contributed by atoms with Crippen LogP contribution in [0.25, 0.3) is 0 Å². The zero-order valence-corrected chi connectivity index (χ0v) is 13.9. The summed E-state index contributed by atoms with van der Waals surface area (Å²) < 4.78 is 10.7. The Labute approximate surface area is 139 Å². The lowest BCUT2D eigenvalue weighted by molar-refractivity contribution is -0.143. The number of carbonyl (C=O) groups is 2. The van der Waals surface area contributed by atoms with Crippen molar-refractivity contribution in [3.05, 3.63) is 22.7 Å². The number of hydrogen-bond acceptors (Lipinski definition) is 4. The molecule has 2 rings (SSSR count). The van der Waals surface area contributed by atoms with Gasteiger partial charge in [0.1, 0.15) is 6.04 Å². The molecule has 6 nitrogen and oxygen atoms in total. The van der Waals surface area contributed by atoms with Crippen molar-refractivity contribution in [2.24, 2.45) is 0 Å². The first-order valence-corrected chi connectivity index (χ1v) is 7.91. The summed E-state index contributed by atoms with van der Waals surface area (Å²) in [6.07, 6.45) is 2.05. The number of methoxy groups -OCH3 is 1. The molecular formula is C16H20ClNO5. The number of rotatable bonds is 5. The first kappa shape index (κ1) is 17.4. The van der Waals surface area contributed by atoms with Crippen LogP contribution in [0.15, 0.2) is 12.1 Å². The lowest BCUT2D eigenvalue weighted by Gasteiger charge is -2.33. The molecule has 0 aliphatic carbocycles. The van der Waals surface area contributed by atoms with E-state index in [9.17, 15) is 14.7 Å². The summed E-state index contributed by atoms with van der Waals surface area (Å²) in [6.45, 7) is 2.65. The molecule has 0 saturated carbocycles. The highest BCUT2D eigenvalue weighted by molar-refractivity contribution is 6.32. The van der Waals surface area contributed by atoms with E-state index in [4.69, 9.17) is 21.1 Å². The third-order valence-electron chi connectivity index (χ3n) is 3.81. The van der Waals surface area contributed by atoms with Crippen LogP contribution in [0.1, 0.15) is 36.5 Å². The molecule has 1 heterocycles. The molecule has 1 saturated heterocycles. The van der Waals surface area contributed by atoms with Gasteiger partial charge >= 0.3 is 5.97 Å². The number of hydrogen-bond donors (Lipinski definition) is 1. The van der Waals surface area contributed by atoms with Crippen LogP contribution in [0.5, 0.6) is 11.5 Å². The lowest BCUT2D eigenvalue weighted by Crippen LogP contribution is -2.48. The Balaban J connectivity index is 2.35. The average molecular weight is 342 g/mol. The highest BCUT2D eigenvalue weighted by Crippen LogP contribution is 2.37. The normalized spacial score (nSPS) is 17.7. The summed E-state index contributed by atoms with van der Waals surface area (Å²) in [5.41, 5.74) is 0.295. The van der Waals surface area contributed by atoms with Crippen LogP contribution in [0.2, 0.25) is 5.02 Å². The van der Waals surface area contributed by atoms with Crippen molar-refractivity contribution in [1.82, 2.24) is 4.90 Å². The van der Waals surface area contributed by atoms with Gasteiger partial charge in [0.25, 0.3) is 5.91 Å². The molecule has 23 heavy (non-hydrogen) atoms. The van der Waals surface area contributed by atoms with Gasteiger partial charge in [0.2, 0.25) is 0 Å². The molecule has 0 spiro atoms. The van der Waals surface area contributed by atoms with Crippen molar-refractivity contribution in [2.75, 3.05) is 20.3 Å². The summed E-state index contributed by atoms with van der Waals surface area (Å²) >= 11 is 6.18. The first-order valence-electron chi connectivity index (χ1n) is 7.53. The molecule has 1 aliphatic rings. The Kier molecular flexibility index (Phi) is 5.71. The number of amides is 1. The molecule has 1 aliphatic heterocycles. The summed E-state index contributed by atoms with van der Waals surface area (Å²) in [6, 6.07) is 2.23. The Bertz CT molecular complexity index is 604. The summed E-state index contributed by atoms with van der Waals surface area (Å²) in [5, 5.41) is 9.57. The number of aliphatic carboxylic acids is 1. The zero-order chi connectivity index (χ0) is 17.0. The van der Waals surface area contributed by atoms with Gasteiger partial charge in [-0.25, -0.2) is 4.79 Å². The monoisotopic (exact) mass is 341 g/mol. The van der Waals surface area contributed by atoms with Crippen LogP contribution in [-0.2, 0) is 4.79 Å². The number of likely N-dealkylation sites (tertiary alicyclic amines) is 1. The van der Waals surface area contributed by atoms with Crippen molar-refractivity contribution in [3.63, 3.8) is 0 Å². The predicted molar refractivity (Wildman–Crippen MR) is 85.5 cm³/mol. The molecule has 1 aromatic carbocycles. The van der Waals surface area contributed by atoms with Gasteiger partial charge in [0.05, 0.1) is 18.7 Å². The van der Waals surface area contributed by atoms with E-state index in [0.717, 1.165) is 12.8 Å². The number of ether oxygens (including phenoxy) is 2. The minimum Gasteiger partial charge on any atom is -0.493 e. The molecule has 1 N–H and O–H groups in total. The average Bonchev–Trinajstić information content (AvgIpc) is 2.55. The van der Waals surface area contributed by atoms with Crippen molar-refractivity contribution >= 4 is 23.5 Å². The largest absolute Gasteiger partial charge is 0.493 e. The summed E-state index contributed by atoms with van der Waals surface area (Å²) in [7, 11) is 1.46. The van der Waals surface area contributed by atoms with Crippen LogP contribution in [0.3, 0.4) is 0 Å². The zero-order valence-electron chi connectivity index (χ0n) is 13.2. The van der Waals surface area contributed by atoms with Crippen LogP contribution in [-0.4, -0.2) is 48.2 Å². The van der Waals surface area contributed by atoms with E-state index < -0.39 is 12.0 Å². The molecule has 1 amide bonds. The van der Waals surface area contributed by atoms with Crippen molar-refractivity contribution in [2.45, 2.75) is 32.2 Å². The molecule has 126 valence electrons.